The lowest BCUT2D eigenvalue weighted by molar-refractivity contribution is -0.0179. The van der Waals surface area contributed by atoms with E-state index in [2.05, 4.69) is 4.72 Å². The van der Waals surface area contributed by atoms with E-state index in [0.29, 0.717) is 33.7 Å². The number of rotatable bonds is 6. The zero-order chi connectivity index (χ0) is 20.5. The van der Waals surface area contributed by atoms with Crippen LogP contribution in [0.1, 0.15) is 32.6 Å². The molecule has 0 radical (unpaired) electrons. The summed E-state index contributed by atoms with van der Waals surface area (Å²) < 4.78 is 44.5. The third-order valence-electron chi connectivity index (χ3n) is 4.50. The Labute approximate surface area is 163 Å². The zero-order valence-corrected chi connectivity index (χ0v) is 16.6. The van der Waals surface area contributed by atoms with E-state index in [0.717, 1.165) is 6.07 Å². The van der Waals surface area contributed by atoms with Gasteiger partial charge in [-0.3, -0.25) is 4.72 Å². The average Bonchev–Trinajstić information content (AvgIpc) is 2.63. The number of sulfonamides is 1. The number of aryl methyl sites for hydroxylation is 1. The maximum atomic E-state index is 13.0. The first-order valence-corrected chi connectivity index (χ1v) is 9.94. The lowest BCUT2D eigenvalue weighted by Gasteiger charge is -2.22. The number of aromatic carboxylic acids is 1. The van der Waals surface area contributed by atoms with Gasteiger partial charge in [-0.05, 0) is 49.2 Å². The first-order valence-electron chi connectivity index (χ1n) is 8.45. The van der Waals surface area contributed by atoms with Crippen LogP contribution in [0.5, 0.6) is 5.75 Å². The van der Waals surface area contributed by atoms with Crippen LogP contribution in [0.4, 0.5) is 5.69 Å². The smallest absolute Gasteiger partial charge is 0.335 e. The quantitative estimate of drug-likeness (QED) is 0.757. The first-order chi connectivity index (χ1) is 13.2. The molecular weight excluding hydrogens is 386 g/mol. The highest BCUT2D eigenvalue weighted by atomic mass is 32.2. The lowest BCUT2D eigenvalue weighted by atomic mass is 10.1. The van der Waals surface area contributed by atoms with Crippen molar-refractivity contribution in [1.82, 2.24) is 0 Å². The van der Waals surface area contributed by atoms with E-state index < -0.39 is 16.0 Å². The normalized spacial score (nSPS) is 13.5. The fourth-order valence-electron chi connectivity index (χ4n) is 3.06. The number of fused-ring (bicyclic) bond motifs is 1. The molecule has 2 N–H and O–H groups in total. The van der Waals surface area contributed by atoms with Gasteiger partial charge in [-0.1, -0.05) is 0 Å². The fourth-order valence-corrected chi connectivity index (χ4v) is 4.44. The molecule has 8 nitrogen and oxygen atoms in total. The van der Waals surface area contributed by atoms with Crippen LogP contribution in [0.25, 0.3) is 0 Å². The van der Waals surface area contributed by atoms with E-state index in [9.17, 15) is 18.3 Å². The molecule has 9 heteroatoms. The van der Waals surface area contributed by atoms with E-state index in [4.69, 9.17) is 14.2 Å². The molecule has 1 aliphatic rings. The van der Waals surface area contributed by atoms with Crippen molar-refractivity contribution >= 4 is 21.7 Å². The van der Waals surface area contributed by atoms with Crippen LogP contribution in [-0.2, 0) is 32.7 Å². The van der Waals surface area contributed by atoms with E-state index >= 15 is 0 Å². The van der Waals surface area contributed by atoms with Gasteiger partial charge in [0.05, 0.1) is 23.7 Å². The molecule has 1 aliphatic heterocycles. The largest absolute Gasteiger partial charge is 0.478 e. The summed E-state index contributed by atoms with van der Waals surface area (Å²) in [6, 6.07) is 5.87. The number of hydrogen-bond acceptors (Lipinski definition) is 6. The Morgan fingerprint density at radius 3 is 2.68 bits per heavy atom. The SMILES string of the molecule is COCc1cc(NS(=O)(=O)c2cc(C(=O)O)cc(C)c2C)cc2c1OCOC2. The molecule has 2 aromatic carbocycles. The number of carboxylic acids is 1. The van der Waals surface area contributed by atoms with E-state index in [1.54, 1.807) is 26.0 Å². The van der Waals surface area contributed by atoms with Crippen molar-refractivity contribution in [3.05, 3.63) is 52.1 Å². The Kier molecular flexibility index (Phi) is 5.59. The van der Waals surface area contributed by atoms with Crippen molar-refractivity contribution in [2.45, 2.75) is 32.0 Å². The molecule has 0 saturated carbocycles. The minimum absolute atomic E-state index is 0.0802. The predicted molar refractivity (Wildman–Crippen MR) is 101 cm³/mol. The molecule has 0 aromatic heterocycles. The maximum absolute atomic E-state index is 13.0. The van der Waals surface area contributed by atoms with Crippen LogP contribution in [0.15, 0.2) is 29.2 Å². The number of hydrogen-bond donors (Lipinski definition) is 2. The Hall–Kier alpha value is -2.62. The Balaban J connectivity index is 2.04. The monoisotopic (exact) mass is 407 g/mol. The summed E-state index contributed by atoms with van der Waals surface area (Å²) in [4.78, 5) is 11.2. The Bertz CT molecular complexity index is 1030. The summed E-state index contributed by atoms with van der Waals surface area (Å²) >= 11 is 0. The van der Waals surface area contributed by atoms with Gasteiger partial charge in [0.25, 0.3) is 10.0 Å². The van der Waals surface area contributed by atoms with Gasteiger partial charge in [-0.2, -0.15) is 0 Å². The number of nitrogens with one attached hydrogen (secondary N) is 1. The van der Waals surface area contributed by atoms with E-state index in [-0.39, 0.29) is 30.5 Å². The minimum atomic E-state index is -4.02. The Morgan fingerprint density at radius 2 is 2.00 bits per heavy atom. The lowest BCUT2D eigenvalue weighted by Crippen LogP contribution is -2.18. The second kappa shape index (κ2) is 7.78. The van der Waals surface area contributed by atoms with Gasteiger partial charge in [0, 0.05) is 23.9 Å². The molecule has 28 heavy (non-hydrogen) atoms. The summed E-state index contributed by atoms with van der Waals surface area (Å²) in [5, 5.41) is 9.25. The molecule has 0 atom stereocenters. The van der Waals surface area contributed by atoms with Gasteiger partial charge in [0.2, 0.25) is 0 Å². The maximum Gasteiger partial charge on any atom is 0.335 e. The van der Waals surface area contributed by atoms with Crippen LogP contribution < -0.4 is 9.46 Å². The van der Waals surface area contributed by atoms with E-state index in [1.807, 2.05) is 0 Å². The summed E-state index contributed by atoms with van der Waals surface area (Å²) in [5.41, 5.74) is 2.68. The van der Waals surface area contributed by atoms with Gasteiger partial charge in [-0.15, -0.1) is 0 Å². The van der Waals surface area contributed by atoms with Gasteiger partial charge in [-0.25, -0.2) is 13.2 Å². The molecular formula is C19H21NO7S. The highest BCUT2D eigenvalue weighted by molar-refractivity contribution is 7.92. The molecule has 0 aliphatic carbocycles. The van der Waals surface area contributed by atoms with Crippen molar-refractivity contribution in [3.63, 3.8) is 0 Å². The van der Waals surface area contributed by atoms with Crippen molar-refractivity contribution in [2.75, 3.05) is 18.6 Å². The second-order valence-electron chi connectivity index (χ2n) is 6.49. The number of carbonyl (C=O) groups is 1. The second-order valence-corrected chi connectivity index (χ2v) is 8.15. The van der Waals surface area contributed by atoms with Crippen LogP contribution in [0, 0.1) is 13.8 Å². The highest BCUT2D eigenvalue weighted by Gasteiger charge is 2.23. The van der Waals surface area contributed by atoms with Gasteiger partial charge < -0.3 is 19.3 Å². The molecule has 0 amide bonds. The molecule has 1 heterocycles. The third-order valence-corrected chi connectivity index (χ3v) is 6.00. The van der Waals surface area contributed by atoms with Crippen molar-refractivity contribution in [2.24, 2.45) is 0 Å². The van der Waals surface area contributed by atoms with Crippen LogP contribution >= 0.6 is 0 Å². The fraction of sp³-hybridized carbons (Fsp3) is 0.316. The van der Waals surface area contributed by atoms with Gasteiger partial charge in [0.1, 0.15) is 5.75 Å². The zero-order valence-electron chi connectivity index (χ0n) is 15.7. The number of anilines is 1. The molecule has 2 aromatic rings. The molecule has 0 fully saturated rings. The third kappa shape index (κ3) is 3.96. The standard InChI is InChI=1S/C19H21NO7S/c1-11-4-13(19(21)22)7-17(12(11)2)28(23,24)20-16-5-14(8-25-3)18-15(6-16)9-26-10-27-18/h4-7,20H,8-10H2,1-3H3,(H,21,22). The Morgan fingerprint density at radius 1 is 1.25 bits per heavy atom. The molecule has 0 spiro atoms. The first kappa shape index (κ1) is 20.1. The highest BCUT2D eigenvalue weighted by Crippen LogP contribution is 2.33. The predicted octanol–water partition coefficient (Wildman–Crippen LogP) is 2.82. The number of ether oxygens (including phenoxy) is 3. The summed E-state index contributed by atoms with van der Waals surface area (Å²) in [6.45, 7) is 3.96. The number of carboxylic acid groups (broad SMARTS) is 1. The summed E-state index contributed by atoms with van der Waals surface area (Å²) in [6.07, 6.45) is 0. The van der Waals surface area contributed by atoms with Crippen LogP contribution in [0.3, 0.4) is 0 Å². The minimum Gasteiger partial charge on any atom is -0.478 e. The van der Waals surface area contributed by atoms with Crippen molar-refractivity contribution in [3.8, 4) is 5.75 Å². The number of benzene rings is 2. The number of methoxy groups -OCH3 is 1. The molecule has 150 valence electrons. The van der Waals surface area contributed by atoms with Crippen molar-refractivity contribution < 1.29 is 32.5 Å². The van der Waals surface area contributed by atoms with Gasteiger partial charge in [0.15, 0.2) is 6.79 Å². The topological polar surface area (TPSA) is 111 Å². The van der Waals surface area contributed by atoms with Crippen molar-refractivity contribution in [1.29, 1.82) is 0 Å². The van der Waals surface area contributed by atoms with Crippen LogP contribution in [-0.4, -0.2) is 33.4 Å². The molecule has 0 saturated heterocycles. The molecule has 0 bridgehead atoms. The summed E-state index contributed by atoms with van der Waals surface area (Å²) in [5.74, 6) is -0.569. The average molecular weight is 407 g/mol. The van der Waals surface area contributed by atoms with Crippen LogP contribution in [0.2, 0.25) is 0 Å². The van der Waals surface area contributed by atoms with Gasteiger partial charge >= 0.3 is 5.97 Å². The molecule has 3 rings (SSSR count). The van der Waals surface area contributed by atoms with E-state index in [1.165, 1.54) is 13.2 Å². The molecule has 0 unspecified atom stereocenters. The summed E-state index contributed by atoms with van der Waals surface area (Å²) in [7, 11) is -2.48.